The van der Waals surface area contributed by atoms with Crippen LogP contribution in [0.4, 0.5) is 0 Å². The Hall–Kier alpha value is -3.32. The van der Waals surface area contributed by atoms with Crippen molar-refractivity contribution in [3.8, 4) is 28.6 Å². The first-order chi connectivity index (χ1) is 16.7. The van der Waals surface area contributed by atoms with Crippen LogP contribution < -0.4 is 5.43 Å². The lowest BCUT2D eigenvalue weighted by molar-refractivity contribution is 1.10. The third-order valence-electron chi connectivity index (χ3n) is 5.99. The van der Waals surface area contributed by atoms with Gasteiger partial charge in [-0.1, -0.05) is 68.8 Å². The molecule has 0 N–H and O–H groups in total. The molecular weight excluding hydrogens is 471 g/mol. The van der Waals surface area contributed by atoms with E-state index in [-0.39, 0.29) is 5.43 Å². The molecule has 4 rings (SSSR count). The smallest absolute Gasteiger partial charge is 0.197 e. The van der Waals surface area contributed by atoms with Gasteiger partial charge in [-0.3, -0.25) is 4.79 Å². The molecule has 0 radical (unpaired) electrons. The van der Waals surface area contributed by atoms with Gasteiger partial charge < -0.3 is 4.57 Å². The van der Waals surface area contributed by atoms with E-state index in [0.29, 0.717) is 10.8 Å². The van der Waals surface area contributed by atoms with Crippen LogP contribution in [0.3, 0.4) is 0 Å². The quantitative estimate of drug-likeness (QED) is 0.149. The van der Waals surface area contributed by atoms with Crippen molar-refractivity contribution >= 4 is 38.0 Å². The summed E-state index contributed by atoms with van der Waals surface area (Å²) in [6.45, 7) is 19.8. The zero-order chi connectivity index (χ0) is 26.4. The Balaban J connectivity index is 2.14. The van der Waals surface area contributed by atoms with E-state index in [1.54, 1.807) is 0 Å². The highest BCUT2D eigenvalue weighted by Crippen LogP contribution is 2.30. The Morgan fingerprint density at radius 2 is 1.06 bits per heavy atom. The van der Waals surface area contributed by atoms with Crippen LogP contribution in [-0.4, -0.2) is 20.7 Å². The van der Waals surface area contributed by atoms with E-state index in [1.807, 2.05) is 24.3 Å². The van der Waals surface area contributed by atoms with E-state index in [0.717, 1.165) is 27.8 Å². The van der Waals surface area contributed by atoms with Crippen molar-refractivity contribution in [2.75, 3.05) is 0 Å². The number of hydrogen-bond donors (Lipinski definition) is 0. The molecule has 4 aromatic rings. The molecule has 0 aliphatic rings. The standard InChI is InChI=1S/C32H35NOSi2/c1-22-18-23(2)31(24(3)19-22)33-29-12-10-25(14-16-35(4,5)6)20-27(29)32(34)28-21-26(11-13-30(28)33)15-17-36(7,8)9/h10-13,18-21H,1-9H3. The van der Waals surface area contributed by atoms with Gasteiger partial charge in [0.05, 0.1) is 16.7 Å². The third-order valence-corrected chi connectivity index (χ3v) is 7.74. The monoisotopic (exact) mass is 505 g/mol. The first-order valence-electron chi connectivity index (χ1n) is 12.5. The summed E-state index contributed by atoms with van der Waals surface area (Å²) in [6, 6.07) is 16.6. The second-order valence-electron chi connectivity index (χ2n) is 11.9. The highest BCUT2D eigenvalue weighted by atomic mass is 28.3. The van der Waals surface area contributed by atoms with E-state index in [9.17, 15) is 4.79 Å². The van der Waals surface area contributed by atoms with Crippen molar-refractivity contribution in [2.45, 2.75) is 60.1 Å². The van der Waals surface area contributed by atoms with Crippen LogP contribution >= 0.6 is 0 Å². The number of pyridine rings is 1. The molecule has 0 aliphatic heterocycles. The fraction of sp³-hybridized carbons (Fsp3) is 0.281. The van der Waals surface area contributed by atoms with Crippen LogP contribution in [0.15, 0.2) is 53.3 Å². The normalized spacial score (nSPS) is 11.7. The number of nitrogens with zero attached hydrogens (tertiary/aromatic N) is 1. The summed E-state index contributed by atoms with van der Waals surface area (Å²) < 4.78 is 2.25. The van der Waals surface area contributed by atoms with Gasteiger partial charge >= 0.3 is 0 Å². The fourth-order valence-electron chi connectivity index (χ4n) is 4.54. The van der Waals surface area contributed by atoms with E-state index >= 15 is 0 Å². The summed E-state index contributed by atoms with van der Waals surface area (Å²) in [5.74, 6) is 6.67. The number of benzene rings is 3. The molecule has 0 unspecified atom stereocenters. The van der Waals surface area contributed by atoms with Gasteiger partial charge in [0.2, 0.25) is 0 Å². The predicted molar refractivity (Wildman–Crippen MR) is 162 cm³/mol. The van der Waals surface area contributed by atoms with Crippen molar-refractivity contribution in [1.82, 2.24) is 4.57 Å². The molecule has 0 aliphatic carbocycles. The molecule has 0 amide bonds. The molecule has 0 fully saturated rings. The molecule has 4 heteroatoms. The fourth-order valence-corrected chi connectivity index (χ4v) is 5.58. The minimum absolute atomic E-state index is 0.0342. The van der Waals surface area contributed by atoms with Crippen LogP contribution in [0.25, 0.3) is 27.5 Å². The van der Waals surface area contributed by atoms with Crippen LogP contribution in [0.5, 0.6) is 0 Å². The summed E-state index contributed by atoms with van der Waals surface area (Å²) in [5, 5.41) is 1.39. The van der Waals surface area contributed by atoms with Crippen molar-refractivity contribution < 1.29 is 0 Å². The molecule has 182 valence electrons. The summed E-state index contributed by atoms with van der Waals surface area (Å²) in [4.78, 5) is 13.9. The molecule has 1 heterocycles. The minimum atomic E-state index is -1.54. The second kappa shape index (κ2) is 9.28. The lowest BCUT2D eigenvalue weighted by atomic mass is 10.0. The van der Waals surface area contributed by atoms with Gasteiger partial charge in [0.1, 0.15) is 16.1 Å². The highest BCUT2D eigenvalue weighted by molar-refractivity contribution is 6.84. The van der Waals surface area contributed by atoms with Gasteiger partial charge in [0.25, 0.3) is 0 Å². The minimum Gasteiger partial charge on any atom is -0.308 e. The van der Waals surface area contributed by atoms with Gasteiger partial charge in [0, 0.05) is 21.9 Å². The SMILES string of the molecule is Cc1cc(C)c(-n2c3ccc(C#C[Si](C)(C)C)cc3c(=O)c3cc(C#C[Si](C)(C)C)ccc32)c(C)c1. The first kappa shape index (κ1) is 25.8. The van der Waals surface area contributed by atoms with Crippen molar-refractivity contribution in [3.05, 3.63) is 86.6 Å². The Kier molecular flexibility index (Phi) is 6.65. The maximum atomic E-state index is 13.9. The summed E-state index contributed by atoms with van der Waals surface area (Å²) in [6.07, 6.45) is 0. The largest absolute Gasteiger partial charge is 0.308 e. The summed E-state index contributed by atoms with van der Waals surface area (Å²) >= 11 is 0. The van der Waals surface area contributed by atoms with Crippen molar-refractivity contribution in [1.29, 1.82) is 0 Å². The molecule has 36 heavy (non-hydrogen) atoms. The number of aryl methyl sites for hydroxylation is 3. The number of rotatable bonds is 1. The van der Waals surface area contributed by atoms with Crippen LogP contribution in [0.2, 0.25) is 39.3 Å². The van der Waals surface area contributed by atoms with Gasteiger partial charge in [-0.15, -0.1) is 11.1 Å². The molecule has 1 aromatic heterocycles. The zero-order valence-corrected chi connectivity index (χ0v) is 25.0. The Morgan fingerprint density at radius 1 is 0.639 bits per heavy atom. The zero-order valence-electron chi connectivity index (χ0n) is 23.0. The van der Waals surface area contributed by atoms with E-state index in [4.69, 9.17) is 0 Å². The molecule has 2 nitrogen and oxygen atoms in total. The van der Waals surface area contributed by atoms with Crippen LogP contribution in [0.1, 0.15) is 27.8 Å². The lowest BCUT2D eigenvalue weighted by Crippen LogP contribution is -2.16. The van der Waals surface area contributed by atoms with Crippen molar-refractivity contribution in [2.24, 2.45) is 0 Å². The van der Waals surface area contributed by atoms with E-state index in [1.165, 1.54) is 16.7 Å². The first-order valence-corrected chi connectivity index (χ1v) is 19.5. The highest BCUT2D eigenvalue weighted by Gasteiger charge is 2.17. The molecule has 0 spiro atoms. The average Bonchev–Trinajstić information content (AvgIpc) is 2.77. The van der Waals surface area contributed by atoms with Gasteiger partial charge in [0.15, 0.2) is 5.43 Å². The predicted octanol–water partition coefficient (Wildman–Crippen LogP) is 7.53. The molecule has 0 atom stereocenters. The third kappa shape index (κ3) is 5.41. The number of fused-ring (bicyclic) bond motifs is 2. The van der Waals surface area contributed by atoms with Crippen molar-refractivity contribution in [3.63, 3.8) is 0 Å². The maximum absolute atomic E-state index is 13.9. The topological polar surface area (TPSA) is 22.0 Å². The second-order valence-corrected chi connectivity index (χ2v) is 21.4. The van der Waals surface area contributed by atoms with E-state index in [2.05, 4.69) is 112 Å². The Labute approximate surface area is 217 Å². The molecule has 0 saturated heterocycles. The molecule has 0 saturated carbocycles. The average molecular weight is 506 g/mol. The van der Waals surface area contributed by atoms with Crippen LogP contribution in [0, 0.1) is 43.7 Å². The molecule has 0 bridgehead atoms. The summed E-state index contributed by atoms with van der Waals surface area (Å²) in [5.41, 5.74) is 15.2. The van der Waals surface area contributed by atoms with E-state index < -0.39 is 16.1 Å². The van der Waals surface area contributed by atoms with Crippen LogP contribution in [-0.2, 0) is 0 Å². The summed E-state index contributed by atoms with van der Waals surface area (Å²) in [7, 11) is -3.07. The lowest BCUT2D eigenvalue weighted by Gasteiger charge is -2.20. The number of hydrogen-bond acceptors (Lipinski definition) is 1. The molecule has 3 aromatic carbocycles. The van der Waals surface area contributed by atoms with Gasteiger partial charge in [-0.05, 0) is 68.3 Å². The Morgan fingerprint density at radius 3 is 1.44 bits per heavy atom. The Bertz CT molecular complexity index is 1590. The maximum Gasteiger partial charge on any atom is 0.197 e. The van der Waals surface area contributed by atoms with Gasteiger partial charge in [-0.2, -0.15) is 0 Å². The molecular formula is C32H35NOSi2. The number of aromatic nitrogens is 1. The van der Waals surface area contributed by atoms with Gasteiger partial charge in [-0.25, -0.2) is 0 Å².